The summed E-state index contributed by atoms with van der Waals surface area (Å²) in [6.07, 6.45) is 13.1. The van der Waals surface area contributed by atoms with Crippen LogP contribution in [0.1, 0.15) is 25.3 Å². The van der Waals surface area contributed by atoms with Gasteiger partial charge in [-0.2, -0.15) is 15.5 Å². The quantitative estimate of drug-likeness (QED) is 0.399. The van der Waals surface area contributed by atoms with E-state index in [0.717, 1.165) is 59.5 Å². The molecule has 38 heavy (non-hydrogen) atoms. The zero-order valence-corrected chi connectivity index (χ0v) is 21.6. The molecule has 1 N–H and O–H groups in total. The maximum Gasteiger partial charge on any atom is 0.226 e. The Morgan fingerprint density at radius 1 is 1.13 bits per heavy atom. The first kappa shape index (κ1) is 23.9. The van der Waals surface area contributed by atoms with Crippen LogP contribution in [-0.4, -0.2) is 49.4 Å². The average Bonchev–Trinajstić information content (AvgIpc) is 3.62. The van der Waals surface area contributed by atoms with Gasteiger partial charge >= 0.3 is 0 Å². The minimum absolute atomic E-state index is 0.0641. The molecule has 1 aliphatic carbocycles. The molecule has 4 aromatic rings. The van der Waals surface area contributed by atoms with Crippen molar-refractivity contribution in [1.29, 1.82) is 5.26 Å². The van der Waals surface area contributed by atoms with Gasteiger partial charge in [0.15, 0.2) is 0 Å². The van der Waals surface area contributed by atoms with E-state index in [0.29, 0.717) is 17.4 Å². The summed E-state index contributed by atoms with van der Waals surface area (Å²) in [5.41, 5.74) is 5.04. The van der Waals surface area contributed by atoms with Crippen LogP contribution in [0.5, 0.6) is 0 Å². The van der Waals surface area contributed by atoms with Crippen molar-refractivity contribution in [3.63, 3.8) is 0 Å². The van der Waals surface area contributed by atoms with E-state index >= 15 is 0 Å². The molecule has 192 valence electrons. The van der Waals surface area contributed by atoms with Crippen molar-refractivity contribution in [1.82, 2.24) is 29.7 Å². The summed E-state index contributed by atoms with van der Waals surface area (Å²) in [7, 11) is 1.89. The molecule has 6 rings (SSSR count). The molecule has 3 atom stereocenters. The highest BCUT2D eigenvalue weighted by Crippen LogP contribution is 2.39. The van der Waals surface area contributed by atoms with E-state index in [9.17, 15) is 10.1 Å². The Labute approximate surface area is 221 Å². The Morgan fingerprint density at radius 2 is 1.92 bits per heavy atom. The van der Waals surface area contributed by atoms with Gasteiger partial charge in [0.2, 0.25) is 5.91 Å². The number of carbonyl (C=O) groups excluding carboxylic acids is 1. The van der Waals surface area contributed by atoms with E-state index in [1.807, 2.05) is 38.8 Å². The number of nitrogens with one attached hydrogen (secondary N) is 1. The van der Waals surface area contributed by atoms with E-state index < -0.39 is 0 Å². The molecule has 0 aromatic carbocycles. The van der Waals surface area contributed by atoms with Gasteiger partial charge in [-0.3, -0.25) is 9.48 Å². The number of aryl methyl sites for hydroxylation is 1. The fraction of sp³-hybridized carbons (Fsp3) is 0.345. The monoisotopic (exact) mass is 506 g/mol. The number of carbonyl (C=O) groups is 1. The van der Waals surface area contributed by atoms with Gasteiger partial charge < -0.3 is 10.2 Å². The molecule has 2 aliphatic rings. The average molecular weight is 507 g/mol. The highest BCUT2D eigenvalue weighted by molar-refractivity contribution is 5.87. The van der Waals surface area contributed by atoms with Crippen LogP contribution in [0.25, 0.3) is 27.8 Å². The molecule has 4 aromatic heterocycles. The van der Waals surface area contributed by atoms with Crippen LogP contribution < -0.4 is 10.2 Å². The molecular formula is C29H30N8O. The number of hydrogen-bond acceptors (Lipinski definition) is 6. The number of amides is 1. The summed E-state index contributed by atoms with van der Waals surface area (Å²) in [4.78, 5) is 19.7. The summed E-state index contributed by atoms with van der Waals surface area (Å²) < 4.78 is 3.52. The zero-order valence-electron chi connectivity index (χ0n) is 21.6. The van der Waals surface area contributed by atoms with E-state index in [1.165, 1.54) is 0 Å². The third kappa shape index (κ3) is 4.12. The lowest BCUT2D eigenvalue weighted by molar-refractivity contribution is -0.124. The van der Waals surface area contributed by atoms with E-state index in [4.69, 9.17) is 4.98 Å². The van der Waals surface area contributed by atoms with Gasteiger partial charge in [-0.1, -0.05) is 13.0 Å². The fourth-order valence-corrected chi connectivity index (χ4v) is 5.93. The standard InChI is InChI=1S/C29H30N8O/c1-4-18(2)29(38)34-27-20-5-6-21(27)16-36(15-20)26-8-7-19(11-31-26)25-9-22(24-13-32-35(3)14-24)17-37-28(25)23(10-30)12-33-37/h4,7-9,11-14,17-18,20-21,27H,1,5-6,15-16H2,2-3H3,(H,34,38). The number of aromatic nitrogens is 5. The Balaban J connectivity index is 1.28. The number of anilines is 1. The van der Waals surface area contributed by atoms with Crippen molar-refractivity contribution in [2.45, 2.75) is 25.8 Å². The lowest BCUT2D eigenvalue weighted by Crippen LogP contribution is -2.53. The third-order valence-electron chi connectivity index (χ3n) is 8.06. The van der Waals surface area contributed by atoms with Crippen molar-refractivity contribution in [3.05, 3.63) is 67.4 Å². The van der Waals surface area contributed by atoms with Crippen LogP contribution in [0.4, 0.5) is 5.82 Å². The first-order valence-corrected chi connectivity index (χ1v) is 13.0. The summed E-state index contributed by atoms with van der Waals surface area (Å²) in [6.45, 7) is 7.38. The lowest BCUT2D eigenvalue weighted by Gasteiger charge is -2.39. The van der Waals surface area contributed by atoms with Crippen LogP contribution in [-0.2, 0) is 11.8 Å². The van der Waals surface area contributed by atoms with Gasteiger partial charge in [0, 0.05) is 67.0 Å². The molecule has 9 heteroatoms. The minimum atomic E-state index is -0.179. The van der Waals surface area contributed by atoms with Crippen LogP contribution in [0, 0.1) is 29.1 Å². The molecule has 3 unspecified atom stereocenters. The maximum atomic E-state index is 12.5. The molecule has 5 heterocycles. The second kappa shape index (κ2) is 9.45. The number of piperidine rings is 1. The van der Waals surface area contributed by atoms with Gasteiger partial charge in [-0.05, 0) is 42.9 Å². The van der Waals surface area contributed by atoms with Crippen molar-refractivity contribution < 1.29 is 4.79 Å². The maximum absolute atomic E-state index is 12.5. The van der Waals surface area contributed by atoms with Gasteiger partial charge in [0.1, 0.15) is 11.9 Å². The Hall–Kier alpha value is -4.45. The van der Waals surface area contributed by atoms with Gasteiger partial charge in [0.05, 0.1) is 29.4 Å². The molecule has 1 saturated heterocycles. The smallest absolute Gasteiger partial charge is 0.226 e. The van der Waals surface area contributed by atoms with E-state index in [2.05, 4.69) is 51.3 Å². The second-order valence-corrected chi connectivity index (χ2v) is 10.5. The number of nitrogens with zero attached hydrogens (tertiary/aromatic N) is 7. The fourth-order valence-electron chi connectivity index (χ4n) is 5.93. The molecule has 0 spiro atoms. The molecule has 1 aliphatic heterocycles. The topological polar surface area (TPSA) is 104 Å². The SMILES string of the molecule is C=CC(C)C(=O)NC1C2CCC1CN(c1ccc(-c3cc(-c4cnn(C)c4)cn4ncc(C#N)c34)cn1)C2. The Kier molecular flexibility index (Phi) is 5.95. The highest BCUT2D eigenvalue weighted by atomic mass is 16.1. The number of fused-ring (bicyclic) bond motifs is 3. The molecule has 9 nitrogen and oxygen atoms in total. The zero-order chi connectivity index (χ0) is 26.4. The minimum Gasteiger partial charge on any atom is -0.356 e. The number of hydrogen-bond donors (Lipinski definition) is 1. The molecule has 1 saturated carbocycles. The van der Waals surface area contributed by atoms with E-state index in [1.54, 1.807) is 21.5 Å². The Bertz CT molecular complexity index is 1550. The summed E-state index contributed by atoms with van der Waals surface area (Å²) in [5, 5.41) is 21.7. The molecule has 2 fully saturated rings. The molecule has 1 amide bonds. The van der Waals surface area contributed by atoms with Gasteiger partial charge in [-0.15, -0.1) is 6.58 Å². The van der Waals surface area contributed by atoms with Crippen LogP contribution in [0.15, 0.2) is 61.8 Å². The van der Waals surface area contributed by atoms with Crippen LogP contribution >= 0.6 is 0 Å². The number of rotatable bonds is 6. The predicted molar refractivity (Wildman–Crippen MR) is 145 cm³/mol. The number of pyridine rings is 2. The summed E-state index contributed by atoms with van der Waals surface area (Å²) >= 11 is 0. The highest BCUT2D eigenvalue weighted by Gasteiger charge is 2.43. The Morgan fingerprint density at radius 3 is 2.55 bits per heavy atom. The lowest BCUT2D eigenvalue weighted by atomic mass is 9.91. The van der Waals surface area contributed by atoms with Crippen molar-refractivity contribution in [3.8, 4) is 28.3 Å². The summed E-state index contributed by atoms with van der Waals surface area (Å²) in [6, 6.07) is 8.69. The van der Waals surface area contributed by atoms with Crippen molar-refractivity contribution in [2.75, 3.05) is 18.0 Å². The van der Waals surface area contributed by atoms with Crippen molar-refractivity contribution in [2.24, 2.45) is 24.8 Å². The van der Waals surface area contributed by atoms with Gasteiger partial charge in [-0.25, -0.2) is 9.50 Å². The predicted octanol–water partition coefficient (Wildman–Crippen LogP) is 3.82. The largest absolute Gasteiger partial charge is 0.356 e. The summed E-state index contributed by atoms with van der Waals surface area (Å²) in [5.74, 6) is 1.65. The molecule has 2 bridgehead atoms. The first-order chi connectivity index (χ1) is 18.4. The second-order valence-electron chi connectivity index (χ2n) is 10.5. The first-order valence-electron chi connectivity index (χ1n) is 13.0. The molecular weight excluding hydrogens is 476 g/mol. The van der Waals surface area contributed by atoms with Crippen LogP contribution in [0.3, 0.4) is 0 Å². The van der Waals surface area contributed by atoms with Gasteiger partial charge in [0.25, 0.3) is 0 Å². The normalized spacial score (nSPS) is 21.3. The van der Waals surface area contributed by atoms with E-state index in [-0.39, 0.29) is 17.9 Å². The van der Waals surface area contributed by atoms with Crippen LogP contribution in [0.2, 0.25) is 0 Å². The number of nitriles is 1. The van der Waals surface area contributed by atoms with Crippen molar-refractivity contribution >= 4 is 17.2 Å². The third-order valence-corrected chi connectivity index (χ3v) is 8.06. The molecule has 0 radical (unpaired) electrons.